The van der Waals surface area contributed by atoms with E-state index in [2.05, 4.69) is 20.2 Å². The van der Waals surface area contributed by atoms with Gasteiger partial charge in [-0.2, -0.15) is 0 Å². The summed E-state index contributed by atoms with van der Waals surface area (Å²) in [5, 5.41) is 4.87. The summed E-state index contributed by atoms with van der Waals surface area (Å²) in [6.45, 7) is 5.29. The van der Waals surface area contributed by atoms with Crippen molar-refractivity contribution in [3.05, 3.63) is 33.7 Å². The molecule has 24 heavy (non-hydrogen) atoms. The fourth-order valence-corrected chi connectivity index (χ4v) is 4.84. The molecule has 0 saturated carbocycles. The fraction of sp³-hybridized carbons (Fsp3) is 0.611. The molecule has 0 atom stereocenters. The number of aryl methyl sites for hydroxylation is 3. The molecular weight excluding hydrogens is 318 g/mol. The van der Waals surface area contributed by atoms with Crippen LogP contribution in [0.3, 0.4) is 0 Å². The molecule has 0 spiro atoms. The zero-order chi connectivity index (χ0) is 16.4. The van der Waals surface area contributed by atoms with Crippen LogP contribution in [0.1, 0.15) is 47.0 Å². The number of likely N-dealkylation sites (tertiary alicyclic amines) is 1. The van der Waals surface area contributed by atoms with Crippen LogP contribution in [0.2, 0.25) is 0 Å². The topological polar surface area (TPSA) is 53.9 Å². The minimum Gasteiger partial charge on any atom is -0.367 e. The molecule has 0 bridgehead atoms. The van der Waals surface area contributed by atoms with Crippen molar-refractivity contribution in [1.82, 2.24) is 19.9 Å². The number of nitrogens with one attached hydrogen (secondary N) is 1. The molecule has 2 aliphatic rings. The first-order valence-electron chi connectivity index (χ1n) is 9.01. The number of aromatic nitrogens is 3. The van der Waals surface area contributed by atoms with E-state index in [0.717, 1.165) is 44.0 Å². The van der Waals surface area contributed by atoms with E-state index in [0.29, 0.717) is 6.04 Å². The SMILES string of the molecule is Cc1cc(NC2CCN(Cc3nc4c(s3)CCCC4)CC2)ncn1. The Morgan fingerprint density at radius 2 is 2.04 bits per heavy atom. The summed E-state index contributed by atoms with van der Waals surface area (Å²) in [6, 6.07) is 2.53. The van der Waals surface area contributed by atoms with Gasteiger partial charge >= 0.3 is 0 Å². The van der Waals surface area contributed by atoms with Gasteiger partial charge in [0.15, 0.2) is 0 Å². The molecule has 5 nitrogen and oxygen atoms in total. The molecule has 1 saturated heterocycles. The van der Waals surface area contributed by atoms with E-state index in [-0.39, 0.29) is 0 Å². The monoisotopic (exact) mass is 343 g/mol. The van der Waals surface area contributed by atoms with Gasteiger partial charge in [0.05, 0.1) is 12.2 Å². The van der Waals surface area contributed by atoms with Crippen molar-refractivity contribution in [3.8, 4) is 0 Å². The number of hydrogen-bond donors (Lipinski definition) is 1. The smallest absolute Gasteiger partial charge is 0.129 e. The quantitative estimate of drug-likeness (QED) is 0.924. The minimum absolute atomic E-state index is 0.514. The predicted molar refractivity (Wildman–Crippen MR) is 97.4 cm³/mol. The van der Waals surface area contributed by atoms with Crippen LogP contribution in [0.5, 0.6) is 0 Å². The van der Waals surface area contributed by atoms with E-state index in [1.165, 1.54) is 36.4 Å². The lowest BCUT2D eigenvalue weighted by atomic mass is 10.0. The molecule has 3 heterocycles. The Morgan fingerprint density at radius 1 is 1.21 bits per heavy atom. The highest BCUT2D eigenvalue weighted by atomic mass is 32.1. The molecule has 1 aliphatic carbocycles. The van der Waals surface area contributed by atoms with Crippen LogP contribution in [0.15, 0.2) is 12.4 Å². The lowest BCUT2D eigenvalue weighted by Gasteiger charge is -2.32. The van der Waals surface area contributed by atoms with Gasteiger partial charge in [-0.1, -0.05) is 0 Å². The van der Waals surface area contributed by atoms with Gasteiger partial charge in [-0.25, -0.2) is 15.0 Å². The van der Waals surface area contributed by atoms with Crippen molar-refractivity contribution < 1.29 is 0 Å². The average Bonchev–Trinajstić information content (AvgIpc) is 2.99. The number of thiazole rings is 1. The van der Waals surface area contributed by atoms with Crippen molar-refractivity contribution in [2.45, 2.75) is 58.0 Å². The molecule has 0 amide bonds. The molecular formula is C18H25N5S. The molecule has 2 aromatic heterocycles. The van der Waals surface area contributed by atoms with Crippen LogP contribution in [0.4, 0.5) is 5.82 Å². The van der Waals surface area contributed by atoms with Gasteiger partial charge in [0.1, 0.15) is 17.2 Å². The van der Waals surface area contributed by atoms with E-state index < -0.39 is 0 Å². The normalized spacial score (nSPS) is 19.2. The molecule has 1 fully saturated rings. The largest absolute Gasteiger partial charge is 0.367 e. The van der Waals surface area contributed by atoms with E-state index in [4.69, 9.17) is 4.98 Å². The second-order valence-corrected chi connectivity index (χ2v) is 8.09. The first-order chi connectivity index (χ1) is 11.8. The van der Waals surface area contributed by atoms with Crippen LogP contribution < -0.4 is 5.32 Å². The van der Waals surface area contributed by atoms with Gasteiger partial charge in [-0.3, -0.25) is 4.90 Å². The standard InChI is InChI=1S/C18H25N5S/c1-13-10-17(20-12-19-13)21-14-6-8-23(9-7-14)11-18-22-15-4-2-3-5-16(15)24-18/h10,12,14H,2-9,11H2,1H3,(H,19,20,21). The van der Waals surface area contributed by atoms with Crippen molar-refractivity contribution in [2.75, 3.05) is 18.4 Å². The summed E-state index contributed by atoms with van der Waals surface area (Å²) < 4.78 is 0. The Hall–Kier alpha value is -1.53. The average molecular weight is 344 g/mol. The van der Waals surface area contributed by atoms with Crippen LogP contribution in [0, 0.1) is 6.92 Å². The number of nitrogens with zero attached hydrogens (tertiary/aromatic N) is 4. The summed E-state index contributed by atoms with van der Waals surface area (Å²) in [7, 11) is 0. The second kappa shape index (κ2) is 7.15. The Bertz CT molecular complexity index is 667. The van der Waals surface area contributed by atoms with Crippen molar-refractivity contribution in [3.63, 3.8) is 0 Å². The third-order valence-electron chi connectivity index (χ3n) is 4.99. The zero-order valence-corrected chi connectivity index (χ0v) is 15.1. The van der Waals surface area contributed by atoms with Gasteiger partial charge in [-0.05, 0) is 45.4 Å². The van der Waals surface area contributed by atoms with Crippen LogP contribution in [-0.2, 0) is 19.4 Å². The van der Waals surface area contributed by atoms with Crippen LogP contribution >= 0.6 is 11.3 Å². The van der Waals surface area contributed by atoms with Crippen LogP contribution in [0.25, 0.3) is 0 Å². The van der Waals surface area contributed by atoms with Gasteiger partial charge in [-0.15, -0.1) is 11.3 Å². The zero-order valence-electron chi connectivity index (χ0n) is 14.3. The summed E-state index contributed by atoms with van der Waals surface area (Å²) in [5.41, 5.74) is 2.40. The lowest BCUT2D eigenvalue weighted by Crippen LogP contribution is -2.38. The Balaban J connectivity index is 1.29. The third-order valence-corrected chi connectivity index (χ3v) is 6.13. The maximum atomic E-state index is 4.89. The van der Waals surface area contributed by atoms with E-state index in [9.17, 15) is 0 Å². The van der Waals surface area contributed by atoms with Crippen molar-refractivity contribution in [1.29, 1.82) is 0 Å². The first-order valence-corrected chi connectivity index (χ1v) is 9.83. The fourth-order valence-electron chi connectivity index (χ4n) is 3.64. The molecule has 6 heteroatoms. The highest BCUT2D eigenvalue weighted by molar-refractivity contribution is 7.11. The van der Waals surface area contributed by atoms with E-state index in [1.54, 1.807) is 11.2 Å². The molecule has 0 radical (unpaired) electrons. The number of rotatable bonds is 4. The van der Waals surface area contributed by atoms with Gasteiger partial charge in [0.2, 0.25) is 0 Å². The Kier molecular flexibility index (Phi) is 4.76. The predicted octanol–water partition coefficient (Wildman–Crippen LogP) is 3.20. The Morgan fingerprint density at radius 3 is 2.83 bits per heavy atom. The lowest BCUT2D eigenvalue weighted by molar-refractivity contribution is 0.211. The summed E-state index contributed by atoms with van der Waals surface area (Å²) >= 11 is 1.95. The van der Waals surface area contributed by atoms with Crippen molar-refractivity contribution >= 4 is 17.2 Å². The molecule has 1 aliphatic heterocycles. The van der Waals surface area contributed by atoms with Crippen LogP contribution in [-0.4, -0.2) is 39.0 Å². The van der Waals surface area contributed by atoms with Crippen molar-refractivity contribution in [2.24, 2.45) is 0 Å². The summed E-state index contributed by atoms with van der Waals surface area (Å²) in [4.78, 5) is 17.5. The summed E-state index contributed by atoms with van der Waals surface area (Å²) in [6.07, 6.45) is 9.05. The Labute approximate surface area is 147 Å². The molecule has 2 aromatic rings. The van der Waals surface area contributed by atoms with Gasteiger partial charge in [0.25, 0.3) is 0 Å². The van der Waals surface area contributed by atoms with E-state index >= 15 is 0 Å². The number of fused-ring (bicyclic) bond motifs is 1. The second-order valence-electron chi connectivity index (χ2n) is 6.92. The van der Waals surface area contributed by atoms with Gasteiger partial charge < -0.3 is 5.32 Å². The molecule has 4 rings (SSSR count). The summed E-state index contributed by atoms with van der Waals surface area (Å²) in [5.74, 6) is 0.952. The highest BCUT2D eigenvalue weighted by Gasteiger charge is 2.22. The maximum absolute atomic E-state index is 4.89. The minimum atomic E-state index is 0.514. The number of anilines is 1. The van der Waals surface area contributed by atoms with E-state index in [1.807, 2.05) is 24.3 Å². The first kappa shape index (κ1) is 16.0. The number of hydrogen-bond acceptors (Lipinski definition) is 6. The molecule has 0 aromatic carbocycles. The maximum Gasteiger partial charge on any atom is 0.129 e. The highest BCUT2D eigenvalue weighted by Crippen LogP contribution is 2.28. The number of piperidine rings is 1. The third kappa shape index (κ3) is 3.75. The molecule has 128 valence electrons. The van der Waals surface area contributed by atoms with Gasteiger partial charge in [0, 0.05) is 35.8 Å². The molecule has 0 unspecified atom stereocenters. The molecule has 1 N–H and O–H groups in total.